The van der Waals surface area contributed by atoms with Gasteiger partial charge in [-0.1, -0.05) is 38.5 Å². The molecule has 0 saturated carbocycles. The van der Waals surface area contributed by atoms with Crippen molar-refractivity contribution in [2.24, 2.45) is 17.8 Å². The number of nitrogens with one attached hydrogen (secondary N) is 3. The summed E-state index contributed by atoms with van der Waals surface area (Å²) in [6.45, 7) is 16.4. The van der Waals surface area contributed by atoms with Gasteiger partial charge in [-0.05, 0) is 97.3 Å². The van der Waals surface area contributed by atoms with E-state index in [0.717, 1.165) is 11.3 Å². The number of fused-ring (bicyclic) bond motifs is 2. The molecule has 2 saturated heterocycles. The Morgan fingerprint density at radius 2 is 1.75 bits per heavy atom. The second-order valence-corrected chi connectivity index (χ2v) is 17.3. The zero-order valence-electron chi connectivity index (χ0n) is 36.0. The van der Waals surface area contributed by atoms with Crippen LogP contribution in [0, 0.1) is 24.7 Å². The molecule has 5 atom stereocenters. The first-order chi connectivity index (χ1) is 27.7. The van der Waals surface area contributed by atoms with Gasteiger partial charge < -0.3 is 20.9 Å². The van der Waals surface area contributed by atoms with Gasteiger partial charge in [0.05, 0.1) is 24.5 Å². The number of urea groups is 1. The average molecular weight is 810 g/mol. The Hall–Kier alpha value is -5.73. The molecule has 5 amide bonds. The Kier molecular flexibility index (Phi) is 13.9. The summed E-state index contributed by atoms with van der Waals surface area (Å²) in [5.41, 5.74) is 2.23. The van der Waals surface area contributed by atoms with E-state index in [-0.39, 0.29) is 54.3 Å². The van der Waals surface area contributed by atoms with E-state index in [1.54, 1.807) is 56.5 Å². The Morgan fingerprint density at radius 3 is 2.39 bits per heavy atom. The lowest BCUT2D eigenvalue weighted by atomic mass is 9.81. The number of aryl methyl sites for hydroxylation is 1. The number of pyridine rings is 1. The number of allylic oxidation sites excluding steroid dienone is 5. The van der Waals surface area contributed by atoms with Gasteiger partial charge in [0.15, 0.2) is 11.6 Å². The first kappa shape index (κ1) is 44.4. The van der Waals surface area contributed by atoms with Crippen molar-refractivity contribution in [3.05, 3.63) is 71.4 Å². The lowest BCUT2D eigenvalue weighted by Crippen LogP contribution is -2.62. The van der Waals surface area contributed by atoms with Crippen molar-refractivity contribution in [2.75, 3.05) is 17.3 Å². The number of carbonyl (C=O) groups is 6. The molecule has 3 aliphatic heterocycles. The molecule has 316 valence electrons. The van der Waals surface area contributed by atoms with Crippen LogP contribution in [0.4, 0.5) is 22.2 Å². The third-order valence-corrected chi connectivity index (χ3v) is 11.1. The molecule has 2 unspecified atom stereocenters. The standard InChI is InChI=1S/C44H59N9O6/c1-25(2)11-13-30(17-18-52-24-32-22-46-42(49-38(32)51(10)43(52)59)47-33-14-12-28(6)45-23-33)37(55)21-31-20-27(5)35-15-16-36(53(35)40(31)57)39(56)50-44(8,9)41(58)48-34(29(7)54)19-26(3)4/h11-14,17-18,22-23,26-27,31,34-36H,15-16,19-21,24H2,1-10H3,(H,48,58)(H,50,56)(H,46,47,49)/b18-17+,30-13+/t27?,31-,34+,35?,36+/m1/s1. The lowest BCUT2D eigenvalue weighted by molar-refractivity contribution is -0.151. The number of anilines is 3. The number of amides is 5. The summed E-state index contributed by atoms with van der Waals surface area (Å²) in [5, 5.41) is 8.75. The Bertz CT molecular complexity index is 2050. The highest BCUT2D eigenvalue weighted by Crippen LogP contribution is 2.40. The Labute approximate surface area is 347 Å². The largest absolute Gasteiger partial charge is 0.344 e. The summed E-state index contributed by atoms with van der Waals surface area (Å²) in [6, 6.07) is 1.74. The summed E-state index contributed by atoms with van der Waals surface area (Å²) in [6.07, 6.45) is 11.9. The number of piperidine rings is 1. The van der Waals surface area contributed by atoms with Crippen LogP contribution in [0.3, 0.4) is 0 Å². The molecule has 2 fully saturated rings. The summed E-state index contributed by atoms with van der Waals surface area (Å²) in [7, 11) is 1.62. The highest BCUT2D eigenvalue weighted by Gasteiger charge is 2.50. The predicted octanol–water partition coefficient (Wildman–Crippen LogP) is 5.69. The van der Waals surface area contributed by atoms with Crippen LogP contribution in [0.2, 0.25) is 0 Å². The van der Waals surface area contributed by atoms with E-state index in [9.17, 15) is 28.8 Å². The van der Waals surface area contributed by atoms with Gasteiger partial charge in [0.1, 0.15) is 17.4 Å². The highest BCUT2D eigenvalue weighted by molar-refractivity contribution is 6.02. The van der Waals surface area contributed by atoms with Crippen LogP contribution in [-0.4, -0.2) is 90.8 Å². The molecule has 5 rings (SSSR count). The molecule has 0 aliphatic carbocycles. The van der Waals surface area contributed by atoms with E-state index in [2.05, 4.69) is 30.9 Å². The number of nitrogens with zero attached hydrogens (tertiary/aromatic N) is 6. The number of rotatable bonds is 15. The summed E-state index contributed by atoms with van der Waals surface area (Å²) in [5.74, 6) is -1.32. The lowest BCUT2D eigenvalue weighted by Gasteiger charge is -2.42. The Morgan fingerprint density at radius 1 is 1.02 bits per heavy atom. The SMILES string of the molecule is CC(=O)[C@H](CC(C)C)NC(=O)C(C)(C)NC(=O)[C@@H]1CCC2C(C)C[C@H](CC(=O)C(/C=C/N3Cc4cnc(Nc5ccc(C)nc5)nc4N(C)C3=O)=C/C=C(C)C)C(=O)N21. The molecule has 2 aromatic rings. The van der Waals surface area contributed by atoms with E-state index in [1.807, 2.05) is 59.8 Å². The molecular weight excluding hydrogens is 751 g/mol. The molecule has 3 aliphatic rings. The number of ketones is 2. The maximum atomic E-state index is 14.2. The molecule has 59 heavy (non-hydrogen) atoms. The van der Waals surface area contributed by atoms with Gasteiger partial charge in [-0.3, -0.25) is 38.8 Å². The molecule has 0 radical (unpaired) electrons. The van der Waals surface area contributed by atoms with Crippen molar-refractivity contribution in [1.82, 2.24) is 35.4 Å². The number of Topliss-reactive ketones (excluding diaryl/α,β-unsaturated/α-hetero) is 2. The molecule has 5 heterocycles. The number of hydrogen-bond acceptors (Lipinski definition) is 10. The second kappa shape index (κ2) is 18.5. The molecule has 0 aromatic carbocycles. The molecule has 2 aromatic heterocycles. The van der Waals surface area contributed by atoms with E-state index in [4.69, 9.17) is 0 Å². The van der Waals surface area contributed by atoms with E-state index in [1.165, 1.54) is 16.7 Å². The molecule has 0 bridgehead atoms. The second-order valence-electron chi connectivity index (χ2n) is 17.3. The molecule has 15 heteroatoms. The van der Waals surface area contributed by atoms with Crippen molar-refractivity contribution < 1.29 is 28.8 Å². The van der Waals surface area contributed by atoms with Gasteiger partial charge in [0.25, 0.3) is 0 Å². The Balaban J connectivity index is 1.28. The minimum atomic E-state index is -1.35. The van der Waals surface area contributed by atoms with Crippen LogP contribution in [0.25, 0.3) is 0 Å². The zero-order valence-corrected chi connectivity index (χ0v) is 36.0. The number of carbonyl (C=O) groups excluding carboxylic acids is 6. The van der Waals surface area contributed by atoms with Crippen LogP contribution in [0.15, 0.2) is 60.1 Å². The van der Waals surface area contributed by atoms with Gasteiger partial charge in [-0.2, -0.15) is 4.98 Å². The minimum Gasteiger partial charge on any atom is -0.344 e. The fraction of sp³-hybridized carbons (Fsp3) is 0.523. The summed E-state index contributed by atoms with van der Waals surface area (Å²) in [4.78, 5) is 99.0. The average Bonchev–Trinajstić information content (AvgIpc) is 3.62. The predicted molar refractivity (Wildman–Crippen MR) is 225 cm³/mol. The fourth-order valence-electron chi connectivity index (χ4n) is 7.84. The molecule has 3 N–H and O–H groups in total. The van der Waals surface area contributed by atoms with Crippen molar-refractivity contribution in [3.8, 4) is 0 Å². The van der Waals surface area contributed by atoms with Gasteiger partial charge in [-0.15, -0.1) is 0 Å². The third kappa shape index (κ3) is 10.7. The monoisotopic (exact) mass is 809 g/mol. The van der Waals surface area contributed by atoms with Crippen molar-refractivity contribution in [3.63, 3.8) is 0 Å². The van der Waals surface area contributed by atoms with Crippen LogP contribution >= 0.6 is 0 Å². The van der Waals surface area contributed by atoms with Crippen LogP contribution in [0.1, 0.15) is 98.8 Å². The van der Waals surface area contributed by atoms with Crippen LogP contribution < -0.4 is 20.9 Å². The fourth-order valence-corrected chi connectivity index (χ4v) is 7.84. The topological polar surface area (TPSA) is 187 Å². The van der Waals surface area contributed by atoms with E-state index >= 15 is 0 Å². The molecule has 15 nitrogen and oxygen atoms in total. The van der Waals surface area contributed by atoms with Crippen molar-refractivity contribution in [1.29, 1.82) is 0 Å². The summed E-state index contributed by atoms with van der Waals surface area (Å²) >= 11 is 0. The smallest absolute Gasteiger partial charge is 0.329 e. The van der Waals surface area contributed by atoms with Crippen LogP contribution in [0.5, 0.6) is 0 Å². The first-order valence-corrected chi connectivity index (χ1v) is 20.4. The van der Waals surface area contributed by atoms with Gasteiger partial charge in [-0.25, -0.2) is 9.78 Å². The third-order valence-electron chi connectivity index (χ3n) is 11.1. The molecular formula is C44H59N9O6. The normalized spacial score (nSPS) is 21.3. The van der Waals surface area contributed by atoms with Crippen molar-refractivity contribution in [2.45, 2.75) is 125 Å². The van der Waals surface area contributed by atoms with Gasteiger partial charge >= 0.3 is 6.03 Å². The zero-order chi connectivity index (χ0) is 43.3. The van der Waals surface area contributed by atoms with Gasteiger partial charge in [0.2, 0.25) is 23.7 Å². The number of hydrogen-bond donors (Lipinski definition) is 3. The van der Waals surface area contributed by atoms with Gasteiger partial charge in [0, 0.05) is 54.7 Å². The summed E-state index contributed by atoms with van der Waals surface area (Å²) < 4.78 is 0. The maximum absolute atomic E-state index is 14.2. The van der Waals surface area contributed by atoms with E-state index in [0.29, 0.717) is 54.3 Å². The van der Waals surface area contributed by atoms with E-state index < -0.39 is 35.4 Å². The van der Waals surface area contributed by atoms with Crippen molar-refractivity contribution >= 4 is 52.8 Å². The van der Waals surface area contributed by atoms with Crippen LogP contribution in [-0.2, 0) is 30.5 Å². The number of aromatic nitrogens is 3. The highest BCUT2D eigenvalue weighted by atomic mass is 16.2. The quantitative estimate of drug-likeness (QED) is 0.149. The molecule has 0 spiro atoms. The maximum Gasteiger partial charge on any atom is 0.329 e. The first-order valence-electron chi connectivity index (χ1n) is 20.4. The minimum absolute atomic E-state index is 0.0285.